The molecule has 13 heteroatoms. The van der Waals surface area contributed by atoms with Gasteiger partial charge in [0, 0.05) is 12.5 Å². The second kappa shape index (κ2) is 16.6. The van der Waals surface area contributed by atoms with Crippen LogP contribution in [0.15, 0.2) is 30.3 Å². The van der Waals surface area contributed by atoms with Gasteiger partial charge in [-0.25, -0.2) is 14.4 Å². The third-order valence-corrected chi connectivity index (χ3v) is 8.26. The van der Waals surface area contributed by atoms with E-state index in [1.165, 1.54) is 0 Å². The van der Waals surface area contributed by atoms with Gasteiger partial charge in [-0.1, -0.05) is 57.5 Å². The van der Waals surface area contributed by atoms with E-state index in [1.807, 2.05) is 78.8 Å². The first kappa shape index (κ1) is 41.9. The fourth-order valence-corrected chi connectivity index (χ4v) is 5.08. The van der Waals surface area contributed by atoms with E-state index in [4.69, 9.17) is 23.5 Å². The van der Waals surface area contributed by atoms with Crippen LogP contribution in [-0.2, 0) is 39.7 Å². The number of rotatable bonds is 13. The molecule has 0 spiro atoms. The van der Waals surface area contributed by atoms with E-state index >= 15 is 0 Å². The molecule has 1 aromatic carbocycles. The summed E-state index contributed by atoms with van der Waals surface area (Å²) in [5.74, 6) is -1.77. The average Bonchev–Trinajstić information content (AvgIpc) is 3.14. The van der Waals surface area contributed by atoms with Gasteiger partial charge in [-0.05, 0) is 93.0 Å². The average molecular weight is 690 g/mol. The van der Waals surface area contributed by atoms with Gasteiger partial charge < -0.3 is 39.5 Å². The van der Waals surface area contributed by atoms with Crippen LogP contribution in [0.4, 0.5) is 9.59 Å². The molecule has 1 fully saturated rings. The smallest absolute Gasteiger partial charge is 0.457 e. The quantitative estimate of drug-likeness (QED) is 0.126. The Labute approximate surface area is 293 Å². The van der Waals surface area contributed by atoms with Gasteiger partial charge in [-0.15, -0.1) is 0 Å². The van der Waals surface area contributed by atoms with E-state index in [1.54, 1.807) is 41.5 Å². The summed E-state index contributed by atoms with van der Waals surface area (Å²) in [7, 11) is -0.465. The summed E-state index contributed by atoms with van der Waals surface area (Å²) >= 11 is 0. The van der Waals surface area contributed by atoms with Crippen molar-refractivity contribution in [3.05, 3.63) is 35.9 Å². The van der Waals surface area contributed by atoms with Crippen molar-refractivity contribution in [1.29, 1.82) is 0 Å². The molecule has 49 heavy (non-hydrogen) atoms. The van der Waals surface area contributed by atoms with E-state index in [2.05, 4.69) is 16.0 Å². The van der Waals surface area contributed by atoms with Crippen LogP contribution in [-0.4, -0.2) is 72.2 Å². The number of amides is 3. The molecule has 3 atom stereocenters. The summed E-state index contributed by atoms with van der Waals surface area (Å²) in [6.07, 6.45) is -0.0951. The van der Waals surface area contributed by atoms with Gasteiger partial charge in [0.15, 0.2) is 0 Å². The molecule has 0 aliphatic carbocycles. The lowest BCUT2D eigenvalue weighted by molar-refractivity contribution is -0.159. The molecule has 1 aliphatic rings. The number of hydrogen-bond donors (Lipinski definition) is 3. The Kier molecular flexibility index (Phi) is 14.2. The number of nitrogens with one attached hydrogen (secondary N) is 3. The number of ether oxygens (including phenoxy) is 3. The van der Waals surface area contributed by atoms with Crippen molar-refractivity contribution in [1.82, 2.24) is 16.0 Å². The first-order valence-electron chi connectivity index (χ1n) is 17.1. The summed E-state index contributed by atoms with van der Waals surface area (Å²) in [5, 5.41) is 8.33. The number of carbonyl (C=O) groups excluding carboxylic acids is 4. The lowest BCUT2D eigenvalue weighted by atomic mass is 9.80. The first-order chi connectivity index (χ1) is 22.3. The van der Waals surface area contributed by atoms with E-state index in [0.29, 0.717) is 19.2 Å². The van der Waals surface area contributed by atoms with Crippen LogP contribution in [0.3, 0.4) is 0 Å². The van der Waals surface area contributed by atoms with E-state index in [0.717, 1.165) is 5.56 Å². The van der Waals surface area contributed by atoms with Crippen molar-refractivity contribution in [2.24, 2.45) is 11.3 Å². The molecule has 2 rings (SSSR count). The maximum absolute atomic E-state index is 13.7. The minimum absolute atomic E-state index is 0.000635. The Morgan fingerprint density at radius 3 is 1.86 bits per heavy atom. The van der Waals surface area contributed by atoms with Crippen molar-refractivity contribution in [2.45, 2.75) is 150 Å². The second-order valence-corrected chi connectivity index (χ2v) is 16.8. The zero-order valence-electron chi connectivity index (χ0n) is 31.9. The number of alkyl carbamates (subject to hydrolysis) is 2. The fraction of sp³-hybridized carbons (Fsp3) is 0.722. The van der Waals surface area contributed by atoms with Crippen molar-refractivity contribution in [2.75, 3.05) is 6.54 Å². The summed E-state index contributed by atoms with van der Waals surface area (Å²) in [6, 6.07) is 7.04. The van der Waals surface area contributed by atoms with Crippen LogP contribution in [0.25, 0.3) is 0 Å². The Morgan fingerprint density at radius 2 is 1.35 bits per heavy atom. The number of esters is 1. The Morgan fingerprint density at radius 1 is 0.796 bits per heavy atom. The lowest BCUT2D eigenvalue weighted by Crippen LogP contribution is -2.56. The molecular formula is C36H60BN3O9. The predicted molar refractivity (Wildman–Crippen MR) is 189 cm³/mol. The molecular weight excluding hydrogens is 629 g/mol. The lowest BCUT2D eigenvalue weighted by Gasteiger charge is -2.33. The highest BCUT2D eigenvalue weighted by atomic mass is 16.7. The third-order valence-electron chi connectivity index (χ3n) is 8.26. The molecule has 1 aromatic rings. The topological polar surface area (TPSA) is 151 Å². The Hall–Kier alpha value is -3.32. The molecule has 3 N–H and O–H groups in total. The van der Waals surface area contributed by atoms with Gasteiger partial charge in [-0.3, -0.25) is 4.79 Å². The van der Waals surface area contributed by atoms with Crippen LogP contribution in [0, 0.1) is 11.3 Å². The third kappa shape index (κ3) is 14.2. The minimum Gasteiger partial charge on any atom is -0.458 e. The normalized spacial score (nSPS) is 17.7. The SMILES string of the molecule is CC(C)(C)OC(=O)N[C@H](C(=O)NC[C@H](CCCB1OC(C)(C)C(C)(C)O1)[C@H](NC(=O)OCc1ccccc1)C(=O)OC(C)(C)C)C(C)(C)C. The number of benzene rings is 1. The molecule has 1 heterocycles. The van der Waals surface area contributed by atoms with Gasteiger partial charge in [0.1, 0.15) is 29.9 Å². The fourth-order valence-electron chi connectivity index (χ4n) is 5.08. The molecule has 0 aromatic heterocycles. The molecule has 0 radical (unpaired) electrons. The van der Waals surface area contributed by atoms with Gasteiger partial charge in [0.05, 0.1) is 11.2 Å². The van der Waals surface area contributed by atoms with Crippen LogP contribution in [0.5, 0.6) is 0 Å². The summed E-state index contributed by atoms with van der Waals surface area (Å²) in [5.41, 5.74) is -2.52. The van der Waals surface area contributed by atoms with Gasteiger partial charge in [0.2, 0.25) is 5.91 Å². The maximum atomic E-state index is 13.7. The second-order valence-electron chi connectivity index (χ2n) is 16.8. The minimum atomic E-state index is -1.17. The highest BCUT2D eigenvalue weighted by Gasteiger charge is 2.50. The monoisotopic (exact) mass is 689 g/mol. The van der Waals surface area contributed by atoms with E-state index in [-0.39, 0.29) is 13.2 Å². The van der Waals surface area contributed by atoms with Gasteiger partial charge >= 0.3 is 25.3 Å². The standard InChI is InChI=1S/C36H60BN3O9/c1-32(2,3)27(40-31(44)47-34(7,8)9)28(41)38-22-25(20-17-21-37-48-35(10,11)36(12,13)49-37)26(29(42)46-33(4,5)6)39-30(43)45-23-24-18-15-14-16-19-24/h14-16,18-19,25-27H,17,20-23H2,1-13H3,(H,38,41)(H,39,43)(H,40,44)/t25-,26-,27+/m0/s1. The Balaban J connectivity index is 2.32. The van der Waals surface area contributed by atoms with Gasteiger partial charge in [-0.2, -0.15) is 0 Å². The molecule has 0 bridgehead atoms. The van der Waals surface area contributed by atoms with Gasteiger partial charge in [0.25, 0.3) is 0 Å². The zero-order valence-corrected chi connectivity index (χ0v) is 31.9. The maximum Gasteiger partial charge on any atom is 0.457 e. The van der Waals surface area contributed by atoms with Crippen molar-refractivity contribution in [3.8, 4) is 0 Å². The van der Waals surface area contributed by atoms with Crippen LogP contribution in [0.2, 0.25) is 6.32 Å². The number of carbonyl (C=O) groups is 4. The highest BCUT2D eigenvalue weighted by Crippen LogP contribution is 2.38. The summed E-state index contributed by atoms with van der Waals surface area (Å²) < 4.78 is 29.0. The summed E-state index contributed by atoms with van der Waals surface area (Å²) in [4.78, 5) is 53.1. The van der Waals surface area contributed by atoms with Crippen molar-refractivity contribution < 1.29 is 42.7 Å². The molecule has 0 saturated carbocycles. The molecule has 1 saturated heterocycles. The van der Waals surface area contributed by atoms with E-state index in [9.17, 15) is 19.2 Å². The highest BCUT2D eigenvalue weighted by molar-refractivity contribution is 6.45. The van der Waals surface area contributed by atoms with Crippen molar-refractivity contribution >= 4 is 31.2 Å². The van der Waals surface area contributed by atoms with Crippen LogP contribution >= 0.6 is 0 Å². The predicted octanol–water partition coefficient (Wildman–Crippen LogP) is 6.17. The van der Waals surface area contributed by atoms with E-state index < -0.39 is 77.0 Å². The molecule has 1 aliphatic heterocycles. The van der Waals surface area contributed by atoms with Crippen molar-refractivity contribution in [3.63, 3.8) is 0 Å². The molecule has 12 nitrogen and oxygen atoms in total. The largest absolute Gasteiger partial charge is 0.458 e. The summed E-state index contributed by atoms with van der Waals surface area (Å²) in [6.45, 7) is 23.8. The molecule has 276 valence electrons. The Bertz CT molecular complexity index is 1250. The van der Waals surface area contributed by atoms with Crippen LogP contribution < -0.4 is 16.0 Å². The number of hydrogen-bond acceptors (Lipinski definition) is 9. The zero-order chi connectivity index (χ0) is 37.4. The first-order valence-corrected chi connectivity index (χ1v) is 17.1. The molecule has 3 amide bonds. The van der Waals surface area contributed by atoms with Crippen LogP contribution in [0.1, 0.15) is 108 Å². The molecule has 0 unspecified atom stereocenters.